The van der Waals surface area contributed by atoms with Gasteiger partial charge >= 0.3 is 11.9 Å². The Morgan fingerprint density at radius 3 is 2.52 bits per heavy atom. The van der Waals surface area contributed by atoms with Crippen molar-refractivity contribution in [3.63, 3.8) is 0 Å². The number of carbonyl (C=O) groups is 2. The van der Waals surface area contributed by atoms with Crippen LogP contribution in [-0.4, -0.2) is 38.1 Å². The Kier molecular flexibility index (Phi) is 5.87. The lowest BCUT2D eigenvalue weighted by Crippen LogP contribution is -2.38. The van der Waals surface area contributed by atoms with Crippen LogP contribution < -0.4 is 4.72 Å². The number of esters is 1. The Balaban J connectivity index is 3.09. The van der Waals surface area contributed by atoms with Gasteiger partial charge in [0, 0.05) is 4.47 Å². The Bertz CT molecular complexity index is 658. The monoisotopic (exact) mass is 379 g/mol. The highest BCUT2D eigenvalue weighted by Crippen LogP contribution is 2.23. The standard InChI is InChI=1S/C12H14BrNO6S/c1-3-20-12(17)8-4-5-10(9(13)6-8)21(18,19)14-7(2)11(15)16/h4-7,14H,3H2,1-2H3,(H,15,16). The van der Waals surface area contributed by atoms with Gasteiger partial charge in [-0.15, -0.1) is 0 Å². The first-order valence-electron chi connectivity index (χ1n) is 5.91. The summed E-state index contributed by atoms with van der Waals surface area (Å²) in [5.41, 5.74) is 0.189. The maximum absolute atomic E-state index is 12.1. The summed E-state index contributed by atoms with van der Waals surface area (Å²) < 4.78 is 31.1. The molecule has 1 rings (SSSR count). The number of hydrogen-bond acceptors (Lipinski definition) is 5. The molecular weight excluding hydrogens is 366 g/mol. The maximum Gasteiger partial charge on any atom is 0.338 e. The number of rotatable bonds is 6. The Morgan fingerprint density at radius 2 is 2.05 bits per heavy atom. The van der Waals surface area contributed by atoms with Gasteiger partial charge in [0.25, 0.3) is 0 Å². The van der Waals surface area contributed by atoms with E-state index in [9.17, 15) is 18.0 Å². The Hall–Kier alpha value is -1.45. The number of carboxylic acids is 1. The summed E-state index contributed by atoms with van der Waals surface area (Å²) in [6.45, 7) is 3.07. The largest absolute Gasteiger partial charge is 0.480 e. The van der Waals surface area contributed by atoms with E-state index < -0.39 is 28.0 Å². The number of ether oxygens (including phenoxy) is 1. The van der Waals surface area contributed by atoms with E-state index >= 15 is 0 Å². The van der Waals surface area contributed by atoms with Crippen LogP contribution in [0.5, 0.6) is 0 Å². The predicted molar refractivity (Wildman–Crippen MR) is 77.5 cm³/mol. The van der Waals surface area contributed by atoms with Crippen molar-refractivity contribution in [2.75, 3.05) is 6.61 Å². The van der Waals surface area contributed by atoms with Crippen LogP contribution in [0, 0.1) is 0 Å². The van der Waals surface area contributed by atoms with Crippen LogP contribution in [0.2, 0.25) is 0 Å². The summed E-state index contributed by atoms with van der Waals surface area (Å²) in [5.74, 6) is -1.87. The zero-order valence-corrected chi connectivity index (χ0v) is 13.7. The van der Waals surface area contributed by atoms with E-state index in [1.807, 2.05) is 4.72 Å². The average Bonchev–Trinajstić information content (AvgIpc) is 2.37. The molecule has 0 heterocycles. The molecule has 0 amide bonds. The van der Waals surface area contributed by atoms with Gasteiger partial charge in [-0.3, -0.25) is 4.79 Å². The Morgan fingerprint density at radius 1 is 1.43 bits per heavy atom. The molecule has 1 aromatic carbocycles. The molecular formula is C12H14BrNO6S. The van der Waals surface area contributed by atoms with E-state index in [4.69, 9.17) is 9.84 Å². The number of aliphatic carboxylic acids is 1. The lowest BCUT2D eigenvalue weighted by molar-refractivity contribution is -0.138. The van der Waals surface area contributed by atoms with Gasteiger partial charge in [0.15, 0.2) is 0 Å². The topological polar surface area (TPSA) is 110 Å². The van der Waals surface area contributed by atoms with Crippen molar-refractivity contribution in [1.82, 2.24) is 4.72 Å². The molecule has 0 aliphatic carbocycles. The Labute approximate surface area is 130 Å². The molecule has 0 aromatic heterocycles. The van der Waals surface area contributed by atoms with Crippen molar-refractivity contribution in [2.45, 2.75) is 24.8 Å². The fourth-order valence-corrected chi connectivity index (χ4v) is 3.68. The van der Waals surface area contributed by atoms with Gasteiger partial charge in [-0.1, -0.05) is 0 Å². The third-order valence-electron chi connectivity index (χ3n) is 2.43. The van der Waals surface area contributed by atoms with Gasteiger partial charge in [0.1, 0.15) is 6.04 Å². The molecule has 116 valence electrons. The average molecular weight is 380 g/mol. The van der Waals surface area contributed by atoms with Crippen molar-refractivity contribution < 1.29 is 27.9 Å². The van der Waals surface area contributed by atoms with E-state index in [1.165, 1.54) is 25.1 Å². The minimum absolute atomic E-state index is 0.137. The first-order chi connectivity index (χ1) is 9.69. The van der Waals surface area contributed by atoms with Crippen LogP contribution in [0.3, 0.4) is 0 Å². The van der Waals surface area contributed by atoms with E-state index in [0.29, 0.717) is 0 Å². The molecule has 0 bridgehead atoms. The lowest BCUT2D eigenvalue weighted by atomic mass is 10.2. The van der Waals surface area contributed by atoms with Crippen LogP contribution in [0.4, 0.5) is 0 Å². The minimum Gasteiger partial charge on any atom is -0.480 e. The van der Waals surface area contributed by atoms with Crippen LogP contribution in [-0.2, 0) is 19.6 Å². The number of nitrogens with one attached hydrogen (secondary N) is 1. The predicted octanol–water partition coefficient (Wildman–Crippen LogP) is 1.38. The molecule has 1 atom stereocenters. The van der Waals surface area contributed by atoms with Gasteiger partial charge < -0.3 is 9.84 Å². The number of carbonyl (C=O) groups excluding carboxylic acids is 1. The van der Waals surface area contributed by atoms with E-state index in [1.54, 1.807) is 6.92 Å². The second-order valence-electron chi connectivity index (χ2n) is 4.05. The van der Waals surface area contributed by atoms with E-state index in [-0.39, 0.29) is 21.5 Å². The van der Waals surface area contributed by atoms with Crippen molar-refractivity contribution in [3.05, 3.63) is 28.2 Å². The molecule has 0 saturated carbocycles. The summed E-state index contributed by atoms with van der Waals surface area (Å²) in [6, 6.07) is 2.53. The summed E-state index contributed by atoms with van der Waals surface area (Å²) in [5, 5.41) is 8.74. The van der Waals surface area contributed by atoms with Gasteiger partial charge in [-0.05, 0) is 48.0 Å². The molecule has 1 unspecified atom stereocenters. The van der Waals surface area contributed by atoms with Gasteiger partial charge in [-0.25, -0.2) is 13.2 Å². The quantitative estimate of drug-likeness (QED) is 0.722. The van der Waals surface area contributed by atoms with E-state index in [2.05, 4.69) is 15.9 Å². The van der Waals surface area contributed by atoms with Crippen molar-refractivity contribution >= 4 is 37.9 Å². The number of hydrogen-bond donors (Lipinski definition) is 2. The van der Waals surface area contributed by atoms with Crippen LogP contribution in [0.25, 0.3) is 0 Å². The molecule has 2 N–H and O–H groups in total. The highest BCUT2D eigenvalue weighted by Gasteiger charge is 2.24. The van der Waals surface area contributed by atoms with Crippen LogP contribution in [0.15, 0.2) is 27.6 Å². The molecule has 7 nitrogen and oxygen atoms in total. The molecule has 0 aliphatic rings. The molecule has 1 aromatic rings. The van der Waals surface area contributed by atoms with Gasteiger partial charge in [0.2, 0.25) is 10.0 Å². The van der Waals surface area contributed by atoms with Crippen molar-refractivity contribution in [3.8, 4) is 0 Å². The van der Waals surface area contributed by atoms with Crippen LogP contribution >= 0.6 is 15.9 Å². The zero-order valence-electron chi connectivity index (χ0n) is 11.3. The maximum atomic E-state index is 12.1. The molecule has 0 saturated heterocycles. The fraction of sp³-hybridized carbons (Fsp3) is 0.333. The van der Waals surface area contributed by atoms with E-state index in [0.717, 1.165) is 0 Å². The molecule has 0 radical (unpaired) electrons. The number of sulfonamides is 1. The number of halogens is 1. The third-order valence-corrected chi connectivity index (χ3v) is 4.95. The third kappa shape index (κ3) is 4.51. The molecule has 9 heteroatoms. The van der Waals surface area contributed by atoms with Crippen molar-refractivity contribution in [1.29, 1.82) is 0 Å². The summed E-state index contributed by atoms with van der Waals surface area (Å²) in [4.78, 5) is 22.1. The molecule has 21 heavy (non-hydrogen) atoms. The van der Waals surface area contributed by atoms with Gasteiger partial charge in [0.05, 0.1) is 17.1 Å². The summed E-state index contributed by atoms with van der Waals surface area (Å²) >= 11 is 3.05. The number of carboxylic acid groups (broad SMARTS) is 1. The fourth-order valence-electron chi connectivity index (χ4n) is 1.41. The summed E-state index contributed by atoms with van der Waals surface area (Å²) in [7, 11) is -4.02. The SMILES string of the molecule is CCOC(=O)c1ccc(S(=O)(=O)NC(C)C(=O)O)c(Br)c1. The summed E-state index contributed by atoms with van der Waals surface area (Å²) in [6.07, 6.45) is 0. The highest BCUT2D eigenvalue weighted by atomic mass is 79.9. The van der Waals surface area contributed by atoms with Crippen molar-refractivity contribution in [2.24, 2.45) is 0 Å². The highest BCUT2D eigenvalue weighted by molar-refractivity contribution is 9.10. The molecule has 0 spiro atoms. The minimum atomic E-state index is -4.02. The number of benzene rings is 1. The molecule has 0 aliphatic heterocycles. The zero-order chi connectivity index (χ0) is 16.2. The van der Waals surface area contributed by atoms with Gasteiger partial charge in [-0.2, -0.15) is 4.72 Å². The first kappa shape index (κ1) is 17.6. The lowest BCUT2D eigenvalue weighted by Gasteiger charge is -2.12. The smallest absolute Gasteiger partial charge is 0.338 e. The second kappa shape index (κ2) is 7.01. The first-order valence-corrected chi connectivity index (χ1v) is 8.18. The molecule has 0 fully saturated rings. The second-order valence-corrected chi connectivity index (χ2v) is 6.58. The van der Waals surface area contributed by atoms with Crippen LogP contribution in [0.1, 0.15) is 24.2 Å². The normalized spacial score (nSPS) is 12.7.